The second kappa shape index (κ2) is 8.02. The molecule has 0 aromatic heterocycles. The summed E-state index contributed by atoms with van der Waals surface area (Å²) in [4.78, 5) is 2.33. The first-order valence-electron chi connectivity index (χ1n) is 4.60. The third-order valence-corrected chi connectivity index (χ3v) is 1.84. The lowest BCUT2D eigenvalue weighted by atomic mass is 10.3. The standard InChI is InChI=1S/C9H21NO/c1-3-4-7-10(2)8-5-6-9-11/h11H,3-9H2,1-2H3. The van der Waals surface area contributed by atoms with Gasteiger partial charge >= 0.3 is 0 Å². The fraction of sp³-hybridized carbons (Fsp3) is 1.00. The zero-order valence-corrected chi connectivity index (χ0v) is 7.84. The van der Waals surface area contributed by atoms with Gasteiger partial charge in [0.1, 0.15) is 0 Å². The molecule has 0 radical (unpaired) electrons. The van der Waals surface area contributed by atoms with Crippen LogP contribution in [0.2, 0.25) is 0 Å². The van der Waals surface area contributed by atoms with E-state index in [1.165, 1.54) is 19.4 Å². The minimum atomic E-state index is 0.335. The van der Waals surface area contributed by atoms with E-state index in [9.17, 15) is 0 Å². The molecule has 0 aromatic rings. The molecule has 0 bridgehead atoms. The van der Waals surface area contributed by atoms with E-state index in [1.54, 1.807) is 0 Å². The highest BCUT2D eigenvalue weighted by Gasteiger charge is 1.95. The van der Waals surface area contributed by atoms with Gasteiger partial charge in [-0.25, -0.2) is 0 Å². The highest BCUT2D eigenvalue weighted by Crippen LogP contribution is 1.95. The quantitative estimate of drug-likeness (QED) is 0.569. The summed E-state index contributed by atoms with van der Waals surface area (Å²) in [5.41, 5.74) is 0. The van der Waals surface area contributed by atoms with Crippen molar-refractivity contribution in [2.75, 3.05) is 26.7 Å². The van der Waals surface area contributed by atoms with Crippen molar-refractivity contribution in [3.05, 3.63) is 0 Å². The Bertz CT molecular complexity index is 76.0. The van der Waals surface area contributed by atoms with Crippen LogP contribution >= 0.6 is 0 Å². The van der Waals surface area contributed by atoms with Crippen molar-refractivity contribution >= 4 is 0 Å². The molecule has 0 atom stereocenters. The normalized spacial score (nSPS) is 10.9. The van der Waals surface area contributed by atoms with E-state index in [-0.39, 0.29) is 0 Å². The molecular weight excluding hydrogens is 138 g/mol. The molecule has 11 heavy (non-hydrogen) atoms. The van der Waals surface area contributed by atoms with Gasteiger partial charge in [-0.1, -0.05) is 13.3 Å². The Balaban J connectivity index is 3.02. The molecule has 0 saturated heterocycles. The molecule has 0 saturated carbocycles. The van der Waals surface area contributed by atoms with E-state index in [4.69, 9.17) is 5.11 Å². The molecule has 2 nitrogen and oxygen atoms in total. The summed E-state index contributed by atoms with van der Waals surface area (Å²) in [7, 11) is 2.15. The van der Waals surface area contributed by atoms with Crippen LogP contribution in [0.5, 0.6) is 0 Å². The summed E-state index contributed by atoms with van der Waals surface area (Å²) in [6, 6.07) is 0. The Morgan fingerprint density at radius 3 is 2.27 bits per heavy atom. The van der Waals surface area contributed by atoms with E-state index in [0.717, 1.165) is 19.4 Å². The molecule has 1 N–H and O–H groups in total. The van der Waals surface area contributed by atoms with Crippen LogP contribution in [0.4, 0.5) is 0 Å². The van der Waals surface area contributed by atoms with E-state index >= 15 is 0 Å². The molecule has 68 valence electrons. The van der Waals surface area contributed by atoms with Crippen LogP contribution < -0.4 is 0 Å². The van der Waals surface area contributed by atoms with Crippen LogP contribution in [0.1, 0.15) is 32.6 Å². The molecule has 0 amide bonds. The maximum Gasteiger partial charge on any atom is 0.0431 e. The minimum Gasteiger partial charge on any atom is -0.396 e. The summed E-state index contributed by atoms with van der Waals surface area (Å²) >= 11 is 0. The lowest BCUT2D eigenvalue weighted by Gasteiger charge is -2.14. The monoisotopic (exact) mass is 159 g/mol. The Morgan fingerprint density at radius 1 is 1.09 bits per heavy atom. The van der Waals surface area contributed by atoms with Gasteiger partial charge in [-0.05, 0) is 39.4 Å². The lowest BCUT2D eigenvalue weighted by molar-refractivity contribution is 0.262. The van der Waals surface area contributed by atoms with Crippen molar-refractivity contribution in [1.82, 2.24) is 4.90 Å². The summed E-state index contributed by atoms with van der Waals surface area (Å²) in [5, 5.41) is 8.54. The van der Waals surface area contributed by atoms with Gasteiger partial charge in [-0.2, -0.15) is 0 Å². The smallest absolute Gasteiger partial charge is 0.0431 e. The van der Waals surface area contributed by atoms with Crippen molar-refractivity contribution < 1.29 is 5.11 Å². The second-order valence-electron chi connectivity index (χ2n) is 3.09. The zero-order valence-electron chi connectivity index (χ0n) is 7.84. The van der Waals surface area contributed by atoms with Crippen LogP contribution in [-0.2, 0) is 0 Å². The highest BCUT2D eigenvalue weighted by molar-refractivity contribution is 4.50. The van der Waals surface area contributed by atoms with Gasteiger partial charge in [0, 0.05) is 6.61 Å². The van der Waals surface area contributed by atoms with Crippen LogP contribution in [0.15, 0.2) is 0 Å². The number of aliphatic hydroxyl groups excluding tert-OH is 1. The third kappa shape index (κ3) is 7.82. The number of hydrogen-bond donors (Lipinski definition) is 1. The Labute approximate surface area is 70.2 Å². The molecule has 0 rings (SSSR count). The molecule has 0 aromatic carbocycles. The number of aliphatic hydroxyl groups is 1. The first-order valence-corrected chi connectivity index (χ1v) is 4.60. The largest absolute Gasteiger partial charge is 0.396 e. The van der Waals surface area contributed by atoms with Crippen molar-refractivity contribution in [3.63, 3.8) is 0 Å². The third-order valence-electron chi connectivity index (χ3n) is 1.84. The second-order valence-corrected chi connectivity index (χ2v) is 3.09. The number of unbranched alkanes of at least 4 members (excludes halogenated alkanes) is 2. The van der Waals surface area contributed by atoms with E-state index < -0.39 is 0 Å². The molecule has 0 aliphatic heterocycles. The van der Waals surface area contributed by atoms with Gasteiger partial charge in [0.15, 0.2) is 0 Å². The van der Waals surface area contributed by atoms with Gasteiger partial charge in [0.2, 0.25) is 0 Å². The Morgan fingerprint density at radius 2 is 1.73 bits per heavy atom. The summed E-state index contributed by atoms with van der Waals surface area (Å²) in [6.07, 6.45) is 4.62. The van der Waals surface area contributed by atoms with Crippen LogP contribution in [-0.4, -0.2) is 36.8 Å². The lowest BCUT2D eigenvalue weighted by Crippen LogP contribution is -2.20. The average molecular weight is 159 g/mol. The Hall–Kier alpha value is -0.0800. The first kappa shape index (κ1) is 10.9. The van der Waals surface area contributed by atoms with E-state index in [2.05, 4.69) is 18.9 Å². The predicted molar refractivity (Wildman–Crippen MR) is 48.7 cm³/mol. The maximum absolute atomic E-state index is 8.54. The number of rotatable bonds is 7. The van der Waals surface area contributed by atoms with Crippen molar-refractivity contribution in [2.45, 2.75) is 32.6 Å². The SMILES string of the molecule is CCCCN(C)CCCCO. The van der Waals surface area contributed by atoms with Crippen LogP contribution in [0.25, 0.3) is 0 Å². The molecule has 2 heteroatoms. The number of nitrogens with zero attached hydrogens (tertiary/aromatic N) is 1. The van der Waals surface area contributed by atoms with Crippen LogP contribution in [0.3, 0.4) is 0 Å². The van der Waals surface area contributed by atoms with Gasteiger partial charge < -0.3 is 10.0 Å². The molecule has 0 unspecified atom stereocenters. The Kier molecular flexibility index (Phi) is 7.96. The topological polar surface area (TPSA) is 23.5 Å². The van der Waals surface area contributed by atoms with E-state index in [1.807, 2.05) is 0 Å². The van der Waals surface area contributed by atoms with Gasteiger partial charge in [0.05, 0.1) is 0 Å². The van der Waals surface area contributed by atoms with Crippen molar-refractivity contribution in [2.24, 2.45) is 0 Å². The van der Waals surface area contributed by atoms with E-state index in [0.29, 0.717) is 6.61 Å². The summed E-state index contributed by atoms with van der Waals surface area (Å²) < 4.78 is 0. The van der Waals surface area contributed by atoms with Crippen molar-refractivity contribution in [1.29, 1.82) is 0 Å². The summed E-state index contributed by atoms with van der Waals surface area (Å²) in [6.45, 7) is 4.87. The fourth-order valence-electron chi connectivity index (χ4n) is 1.03. The number of hydrogen-bond acceptors (Lipinski definition) is 2. The van der Waals surface area contributed by atoms with Crippen molar-refractivity contribution in [3.8, 4) is 0 Å². The van der Waals surface area contributed by atoms with Crippen LogP contribution in [0, 0.1) is 0 Å². The molecule has 0 spiro atoms. The maximum atomic E-state index is 8.54. The molecular formula is C9H21NO. The molecule has 0 aliphatic rings. The molecule has 0 fully saturated rings. The summed E-state index contributed by atoms with van der Waals surface area (Å²) in [5.74, 6) is 0. The molecule has 0 heterocycles. The predicted octanol–water partition coefficient (Wildman–Crippen LogP) is 1.49. The highest BCUT2D eigenvalue weighted by atomic mass is 16.2. The zero-order chi connectivity index (χ0) is 8.53. The van der Waals surface area contributed by atoms with Gasteiger partial charge in [0.25, 0.3) is 0 Å². The molecule has 0 aliphatic carbocycles. The average Bonchev–Trinajstić information content (AvgIpc) is 2.01. The fourth-order valence-corrected chi connectivity index (χ4v) is 1.03. The first-order chi connectivity index (χ1) is 5.31. The minimum absolute atomic E-state index is 0.335. The van der Waals surface area contributed by atoms with Gasteiger partial charge in [-0.15, -0.1) is 0 Å². The van der Waals surface area contributed by atoms with Gasteiger partial charge in [-0.3, -0.25) is 0 Å².